The van der Waals surface area contributed by atoms with Crippen LogP contribution in [0.5, 0.6) is 5.75 Å². The van der Waals surface area contributed by atoms with Crippen molar-refractivity contribution in [2.24, 2.45) is 0 Å². The van der Waals surface area contributed by atoms with Gasteiger partial charge in [-0.2, -0.15) is 0 Å². The monoisotopic (exact) mass is 416 g/mol. The van der Waals surface area contributed by atoms with E-state index in [0.29, 0.717) is 6.61 Å². The Hall–Kier alpha value is -3.09. The van der Waals surface area contributed by atoms with E-state index in [0.717, 1.165) is 61.0 Å². The fraction of sp³-hybridized carbons (Fsp3) is 0.320. The summed E-state index contributed by atoms with van der Waals surface area (Å²) in [5, 5.41) is 16.9. The van der Waals surface area contributed by atoms with Gasteiger partial charge in [0, 0.05) is 25.2 Å². The first-order chi connectivity index (χ1) is 15.3. The number of aliphatic hydroxyl groups excluding tert-OH is 1. The second-order valence-corrected chi connectivity index (χ2v) is 8.07. The molecule has 3 heterocycles. The number of aliphatic hydroxyl groups is 1. The predicted octanol–water partition coefficient (Wildman–Crippen LogP) is 3.67. The summed E-state index contributed by atoms with van der Waals surface area (Å²) in [6, 6.07) is 14.4. The molecule has 31 heavy (non-hydrogen) atoms. The van der Waals surface area contributed by atoms with Gasteiger partial charge >= 0.3 is 0 Å². The number of nitrogens with one attached hydrogen (secondary N) is 2. The maximum Gasteiger partial charge on any atom is 0.203 e. The molecule has 1 aromatic heterocycles. The van der Waals surface area contributed by atoms with Gasteiger partial charge in [-0.3, -0.25) is 0 Å². The highest BCUT2D eigenvalue weighted by molar-refractivity contribution is 5.53. The van der Waals surface area contributed by atoms with Gasteiger partial charge in [-0.05, 0) is 47.7 Å². The van der Waals surface area contributed by atoms with Gasteiger partial charge in [-0.1, -0.05) is 36.4 Å². The number of hydrogen-bond donors (Lipinski definition) is 3. The Morgan fingerprint density at radius 2 is 2.10 bits per heavy atom. The van der Waals surface area contributed by atoms with E-state index in [4.69, 9.17) is 4.74 Å². The van der Waals surface area contributed by atoms with E-state index in [2.05, 4.69) is 44.5 Å². The number of rotatable bonds is 6. The number of benzene rings is 2. The third-order valence-corrected chi connectivity index (χ3v) is 6.01. The molecule has 0 radical (unpaired) electrons. The van der Waals surface area contributed by atoms with Gasteiger partial charge in [0.25, 0.3) is 0 Å². The molecule has 3 aromatic rings. The van der Waals surface area contributed by atoms with E-state index in [9.17, 15) is 5.11 Å². The molecule has 0 saturated heterocycles. The molecule has 1 unspecified atom stereocenters. The van der Waals surface area contributed by atoms with Crippen LogP contribution < -0.4 is 15.4 Å². The predicted molar refractivity (Wildman–Crippen MR) is 122 cm³/mol. The van der Waals surface area contributed by atoms with Crippen molar-refractivity contribution in [3.63, 3.8) is 0 Å². The molecule has 0 spiro atoms. The van der Waals surface area contributed by atoms with Crippen molar-refractivity contribution in [2.75, 3.05) is 18.4 Å². The molecule has 0 fully saturated rings. The molecule has 6 heteroatoms. The van der Waals surface area contributed by atoms with E-state index in [1.54, 1.807) is 0 Å². The Bertz CT molecular complexity index is 1070. The molecule has 0 saturated carbocycles. The fourth-order valence-corrected chi connectivity index (χ4v) is 4.36. The van der Waals surface area contributed by atoms with Crippen LogP contribution in [0.1, 0.15) is 40.4 Å². The quantitative estimate of drug-likeness (QED) is 0.572. The largest absolute Gasteiger partial charge is 0.489 e. The first kappa shape index (κ1) is 19.8. The van der Waals surface area contributed by atoms with Crippen molar-refractivity contribution in [1.29, 1.82) is 0 Å². The molecular formula is C25H28N4O2. The zero-order valence-corrected chi connectivity index (χ0v) is 17.6. The standard InChI is InChI=1S/C25H28N4O2/c30-16-20-13-22-19(14-24(20)31-17-18-5-2-1-3-6-18)9-11-26-23(22)8-7-21-15-28-25-27-10-4-12-29(21)25/h1-3,5-8,13-15,23,26,30H,4,9-12,16-17H2,(H,27,28)/b8-7+. The summed E-state index contributed by atoms with van der Waals surface area (Å²) in [6.07, 6.45) is 8.32. The molecule has 2 aliphatic rings. The average Bonchev–Trinajstić information content (AvgIpc) is 3.24. The van der Waals surface area contributed by atoms with E-state index in [1.807, 2.05) is 36.5 Å². The van der Waals surface area contributed by atoms with Gasteiger partial charge in [0.1, 0.15) is 12.4 Å². The van der Waals surface area contributed by atoms with Gasteiger partial charge in [0.2, 0.25) is 5.95 Å². The lowest BCUT2D eigenvalue weighted by molar-refractivity contribution is 0.258. The maximum absolute atomic E-state index is 9.98. The van der Waals surface area contributed by atoms with E-state index in [-0.39, 0.29) is 12.6 Å². The van der Waals surface area contributed by atoms with Crippen molar-refractivity contribution in [3.8, 4) is 5.75 Å². The Kier molecular flexibility index (Phi) is 5.74. The van der Waals surface area contributed by atoms with Crippen molar-refractivity contribution in [3.05, 3.63) is 82.7 Å². The lowest BCUT2D eigenvalue weighted by Crippen LogP contribution is -2.29. The van der Waals surface area contributed by atoms with Gasteiger partial charge in [-0.25, -0.2) is 4.98 Å². The number of nitrogens with zero attached hydrogens (tertiary/aromatic N) is 2. The van der Waals surface area contributed by atoms with Crippen LogP contribution in [0.25, 0.3) is 6.08 Å². The van der Waals surface area contributed by atoms with Crippen LogP contribution >= 0.6 is 0 Å². The molecule has 6 nitrogen and oxygen atoms in total. The van der Waals surface area contributed by atoms with Crippen LogP contribution in [0.2, 0.25) is 0 Å². The molecule has 5 rings (SSSR count). The highest BCUT2D eigenvalue weighted by Gasteiger charge is 2.21. The van der Waals surface area contributed by atoms with Gasteiger partial charge in [0.15, 0.2) is 0 Å². The van der Waals surface area contributed by atoms with E-state index < -0.39 is 0 Å². The van der Waals surface area contributed by atoms with E-state index in [1.165, 1.54) is 11.1 Å². The van der Waals surface area contributed by atoms with Crippen LogP contribution in [0, 0.1) is 0 Å². The Morgan fingerprint density at radius 1 is 1.19 bits per heavy atom. The minimum Gasteiger partial charge on any atom is -0.489 e. The Labute approximate surface area is 182 Å². The second kappa shape index (κ2) is 8.96. The third kappa shape index (κ3) is 4.22. The van der Waals surface area contributed by atoms with Crippen molar-refractivity contribution in [1.82, 2.24) is 14.9 Å². The van der Waals surface area contributed by atoms with Crippen molar-refractivity contribution in [2.45, 2.75) is 38.6 Å². The SMILES string of the molecule is OCc1cc2c(cc1OCc1ccccc1)CCNC2/C=C/c1cnc2n1CCCN2. The molecule has 2 aliphatic heterocycles. The third-order valence-electron chi connectivity index (χ3n) is 6.01. The van der Waals surface area contributed by atoms with Crippen LogP contribution in [-0.4, -0.2) is 27.7 Å². The summed E-state index contributed by atoms with van der Waals surface area (Å²) in [6.45, 7) is 3.33. The van der Waals surface area contributed by atoms with Gasteiger partial charge < -0.3 is 25.0 Å². The number of hydrogen-bond acceptors (Lipinski definition) is 5. The van der Waals surface area contributed by atoms with Crippen LogP contribution in [0.15, 0.2) is 54.7 Å². The Balaban J connectivity index is 1.38. The van der Waals surface area contributed by atoms with Crippen molar-refractivity contribution < 1.29 is 9.84 Å². The average molecular weight is 417 g/mol. The smallest absolute Gasteiger partial charge is 0.203 e. The number of ether oxygens (including phenoxy) is 1. The molecule has 3 N–H and O–H groups in total. The molecule has 1 atom stereocenters. The summed E-state index contributed by atoms with van der Waals surface area (Å²) in [5.74, 6) is 1.72. The zero-order valence-electron chi connectivity index (χ0n) is 17.6. The van der Waals surface area contributed by atoms with Crippen molar-refractivity contribution >= 4 is 12.0 Å². The fourth-order valence-electron chi connectivity index (χ4n) is 4.36. The summed E-state index contributed by atoms with van der Waals surface area (Å²) in [4.78, 5) is 4.48. The lowest BCUT2D eigenvalue weighted by Gasteiger charge is -2.26. The molecule has 0 bridgehead atoms. The van der Waals surface area contributed by atoms with Gasteiger partial charge in [0.05, 0.1) is 24.5 Å². The lowest BCUT2D eigenvalue weighted by atomic mass is 9.91. The highest BCUT2D eigenvalue weighted by atomic mass is 16.5. The van der Waals surface area contributed by atoms with Crippen LogP contribution in [0.4, 0.5) is 5.95 Å². The zero-order chi connectivity index (χ0) is 21.0. The molecule has 160 valence electrons. The minimum absolute atomic E-state index is 0.0460. The minimum atomic E-state index is -0.0460. The van der Waals surface area contributed by atoms with Crippen LogP contribution in [-0.2, 0) is 26.2 Å². The van der Waals surface area contributed by atoms with Crippen LogP contribution in [0.3, 0.4) is 0 Å². The summed E-state index contributed by atoms with van der Waals surface area (Å²) in [5.41, 5.74) is 5.52. The van der Waals surface area contributed by atoms with Gasteiger partial charge in [-0.15, -0.1) is 0 Å². The molecule has 0 amide bonds. The normalized spacial score (nSPS) is 17.8. The number of aromatic nitrogens is 2. The Morgan fingerprint density at radius 3 is 2.97 bits per heavy atom. The second-order valence-electron chi connectivity index (χ2n) is 8.07. The molecular weight excluding hydrogens is 388 g/mol. The molecule has 0 aliphatic carbocycles. The summed E-state index contributed by atoms with van der Waals surface area (Å²) < 4.78 is 8.31. The highest BCUT2D eigenvalue weighted by Crippen LogP contribution is 2.32. The topological polar surface area (TPSA) is 71.3 Å². The first-order valence-corrected chi connectivity index (χ1v) is 11.0. The number of imidazole rings is 1. The summed E-state index contributed by atoms with van der Waals surface area (Å²) >= 11 is 0. The maximum atomic E-state index is 9.98. The number of anilines is 1. The van der Waals surface area contributed by atoms with E-state index >= 15 is 0 Å². The summed E-state index contributed by atoms with van der Waals surface area (Å²) in [7, 11) is 0. The molecule has 2 aromatic carbocycles. The number of fused-ring (bicyclic) bond motifs is 2. The first-order valence-electron chi connectivity index (χ1n) is 11.0.